The van der Waals surface area contributed by atoms with Crippen molar-refractivity contribution in [3.05, 3.63) is 64.7 Å². The van der Waals surface area contributed by atoms with Crippen LogP contribution in [0.5, 0.6) is 5.75 Å². The lowest BCUT2D eigenvalue weighted by Crippen LogP contribution is -2.24. The lowest BCUT2D eigenvalue weighted by Gasteiger charge is -2.18. The van der Waals surface area contributed by atoms with Gasteiger partial charge in [-0.3, -0.25) is 14.6 Å². The average Bonchev–Trinajstić information content (AvgIpc) is 2.73. The number of carbonyl (C=O) groups excluding carboxylic acids is 3. The van der Waals surface area contributed by atoms with Gasteiger partial charge in [0.2, 0.25) is 0 Å². The molecule has 0 fully saturated rings. The Bertz CT molecular complexity index is 996. The van der Waals surface area contributed by atoms with Crippen molar-refractivity contribution < 1.29 is 38.7 Å². The van der Waals surface area contributed by atoms with Gasteiger partial charge < -0.3 is 4.74 Å². The summed E-state index contributed by atoms with van der Waals surface area (Å²) in [5.74, 6) is -1.92. The molecule has 0 aromatic heterocycles. The normalized spacial score (nSPS) is 11.6. The Balaban J connectivity index is 2.47. The fraction of sp³-hybridized carbons (Fsp3) is 0.375. The van der Waals surface area contributed by atoms with Crippen LogP contribution < -0.4 is 4.74 Å². The van der Waals surface area contributed by atoms with Crippen LogP contribution in [0.3, 0.4) is 0 Å². The summed E-state index contributed by atoms with van der Waals surface area (Å²) < 4.78 is 5.25. The van der Waals surface area contributed by atoms with Crippen molar-refractivity contribution in [2.75, 3.05) is 7.11 Å². The lowest BCUT2D eigenvalue weighted by molar-refractivity contribution is -0.301. The largest absolute Gasteiger partial charge is 0.496 e. The number of rotatable bonds is 7. The van der Waals surface area contributed by atoms with Crippen LogP contribution in [-0.4, -0.2) is 36.0 Å². The molecule has 0 aliphatic heterocycles. The van der Waals surface area contributed by atoms with Crippen molar-refractivity contribution in [2.45, 2.75) is 52.7 Å². The maximum Gasteiger partial charge on any atom is 0.373 e. The molecule has 0 amide bonds. The van der Waals surface area contributed by atoms with Crippen LogP contribution in [0, 0.1) is 0 Å². The minimum Gasteiger partial charge on any atom is -0.496 e. The summed E-state index contributed by atoms with van der Waals surface area (Å²) in [6.45, 7) is 10.2. The minimum absolute atomic E-state index is 0.00491. The molecule has 0 unspecified atom stereocenters. The highest BCUT2D eigenvalue weighted by Crippen LogP contribution is 2.25. The van der Waals surface area contributed by atoms with E-state index in [1.54, 1.807) is 65.8 Å². The molecule has 0 bridgehead atoms. The highest BCUT2D eigenvalue weighted by atomic mass is 17.2. The summed E-state index contributed by atoms with van der Waals surface area (Å²) in [5, 5.41) is 0. The molecule has 0 atom stereocenters. The number of ketones is 1. The number of ether oxygens (including phenoxy) is 1. The molecule has 8 nitrogen and oxygen atoms in total. The Morgan fingerprint density at radius 3 is 1.81 bits per heavy atom. The molecule has 2 aromatic rings. The SMILES string of the molecule is COc1ccccc1C(=O)c1ccc(C(=O)OOC(C)(C)C)cc1C(=O)OOC(C)(C)C. The number of hydrogen-bond acceptors (Lipinski definition) is 8. The van der Waals surface area contributed by atoms with Crippen molar-refractivity contribution in [1.29, 1.82) is 0 Å². The summed E-state index contributed by atoms with van der Waals surface area (Å²) in [4.78, 5) is 58.3. The van der Waals surface area contributed by atoms with Crippen LogP contribution in [0.2, 0.25) is 0 Å². The van der Waals surface area contributed by atoms with Crippen molar-refractivity contribution in [2.24, 2.45) is 0 Å². The molecular formula is C24H28O8. The number of para-hydroxylation sites is 1. The van der Waals surface area contributed by atoms with Gasteiger partial charge in [0.05, 0.1) is 23.8 Å². The van der Waals surface area contributed by atoms with Gasteiger partial charge in [-0.15, -0.1) is 0 Å². The summed E-state index contributed by atoms with van der Waals surface area (Å²) in [6, 6.07) is 10.5. The first-order valence-electron chi connectivity index (χ1n) is 9.94. The van der Waals surface area contributed by atoms with Crippen LogP contribution >= 0.6 is 0 Å². The van der Waals surface area contributed by atoms with Gasteiger partial charge in [0.15, 0.2) is 5.78 Å². The van der Waals surface area contributed by atoms with Crippen molar-refractivity contribution >= 4 is 17.7 Å². The zero-order valence-corrected chi connectivity index (χ0v) is 19.3. The third kappa shape index (κ3) is 6.90. The Morgan fingerprint density at radius 2 is 1.25 bits per heavy atom. The van der Waals surface area contributed by atoms with Crippen LogP contribution in [0.25, 0.3) is 0 Å². The van der Waals surface area contributed by atoms with E-state index >= 15 is 0 Å². The number of benzene rings is 2. The molecule has 0 saturated heterocycles. The zero-order valence-electron chi connectivity index (χ0n) is 19.3. The molecule has 0 aliphatic carbocycles. The molecular weight excluding hydrogens is 416 g/mol. The maximum atomic E-state index is 13.2. The molecule has 0 N–H and O–H groups in total. The predicted octanol–water partition coefficient (Wildman–Crippen LogP) is 4.70. The first kappa shape index (κ1) is 25.0. The minimum atomic E-state index is -0.940. The van der Waals surface area contributed by atoms with E-state index in [9.17, 15) is 14.4 Å². The molecule has 2 aromatic carbocycles. The van der Waals surface area contributed by atoms with Crippen molar-refractivity contribution in [3.63, 3.8) is 0 Å². The van der Waals surface area contributed by atoms with Crippen LogP contribution in [-0.2, 0) is 19.6 Å². The van der Waals surface area contributed by atoms with Crippen molar-refractivity contribution in [3.8, 4) is 5.75 Å². The van der Waals surface area contributed by atoms with Crippen molar-refractivity contribution in [1.82, 2.24) is 0 Å². The Kier molecular flexibility index (Phi) is 7.77. The fourth-order valence-electron chi connectivity index (χ4n) is 2.43. The monoisotopic (exact) mass is 444 g/mol. The smallest absolute Gasteiger partial charge is 0.373 e. The highest BCUT2D eigenvalue weighted by Gasteiger charge is 2.26. The second kappa shape index (κ2) is 9.93. The Labute approximate surface area is 187 Å². The van der Waals surface area contributed by atoms with E-state index in [1.165, 1.54) is 25.3 Å². The topological polar surface area (TPSA) is 97.4 Å². The van der Waals surface area contributed by atoms with Gasteiger partial charge >= 0.3 is 11.9 Å². The van der Waals surface area contributed by atoms with E-state index < -0.39 is 28.9 Å². The second-order valence-electron chi connectivity index (χ2n) is 8.92. The lowest BCUT2D eigenvalue weighted by atomic mass is 9.96. The Hall–Kier alpha value is -3.23. The molecule has 172 valence electrons. The van der Waals surface area contributed by atoms with E-state index in [1.807, 2.05) is 0 Å². The first-order valence-corrected chi connectivity index (χ1v) is 9.94. The third-order valence-electron chi connectivity index (χ3n) is 3.81. The number of methoxy groups -OCH3 is 1. The number of hydrogen-bond donors (Lipinski definition) is 0. The van der Waals surface area contributed by atoms with E-state index in [0.29, 0.717) is 5.75 Å². The fourth-order valence-corrected chi connectivity index (χ4v) is 2.43. The summed E-state index contributed by atoms with van der Waals surface area (Å²) in [5.41, 5.74) is -1.43. The van der Waals surface area contributed by atoms with Crippen LogP contribution in [0.4, 0.5) is 0 Å². The molecule has 0 radical (unpaired) electrons. The molecule has 0 saturated carbocycles. The van der Waals surface area contributed by atoms with Gasteiger partial charge in [0.25, 0.3) is 0 Å². The molecule has 32 heavy (non-hydrogen) atoms. The molecule has 2 rings (SSSR count). The predicted molar refractivity (Wildman–Crippen MR) is 115 cm³/mol. The van der Waals surface area contributed by atoms with E-state index in [-0.39, 0.29) is 22.3 Å². The first-order chi connectivity index (χ1) is 14.8. The van der Waals surface area contributed by atoms with E-state index in [4.69, 9.17) is 24.3 Å². The second-order valence-corrected chi connectivity index (χ2v) is 8.92. The number of carbonyl (C=O) groups is 3. The van der Waals surface area contributed by atoms with Gasteiger partial charge in [-0.1, -0.05) is 12.1 Å². The van der Waals surface area contributed by atoms with E-state index in [0.717, 1.165) is 0 Å². The highest BCUT2D eigenvalue weighted by molar-refractivity contribution is 6.16. The molecule has 0 aliphatic rings. The van der Waals surface area contributed by atoms with E-state index in [2.05, 4.69) is 0 Å². The standard InChI is InChI=1S/C24H28O8/c1-23(2,3)31-29-21(26)15-12-13-16(18(14-15)22(27)30-32-24(4,5)6)20(25)17-10-8-9-11-19(17)28-7/h8-14H,1-7H3. The third-order valence-corrected chi connectivity index (χ3v) is 3.81. The molecule has 8 heteroatoms. The maximum absolute atomic E-state index is 13.2. The quantitative estimate of drug-likeness (QED) is 0.344. The summed E-state index contributed by atoms with van der Waals surface area (Å²) in [6.07, 6.45) is 0. The molecule has 0 heterocycles. The van der Waals surface area contributed by atoms with Gasteiger partial charge in [0, 0.05) is 5.56 Å². The average molecular weight is 444 g/mol. The molecule has 0 spiro atoms. The van der Waals surface area contributed by atoms with Crippen LogP contribution in [0.1, 0.15) is 78.2 Å². The summed E-state index contributed by atoms with van der Waals surface area (Å²) >= 11 is 0. The summed E-state index contributed by atoms with van der Waals surface area (Å²) in [7, 11) is 1.44. The van der Waals surface area contributed by atoms with Gasteiger partial charge in [0.1, 0.15) is 17.0 Å². The van der Waals surface area contributed by atoms with Gasteiger partial charge in [-0.2, -0.15) is 9.78 Å². The van der Waals surface area contributed by atoms with Gasteiger partial charge in [-0.05, 0) is 71.9 Å². The van der Waals surface area contributed by atoms with Crippen LogP contribution in [0.15, 0.2) is 42.5 Å². The Morgan fingerprint density at radius 1 is 0.688 bits per heavy atom. The zero-order chi connectivity index (χ0) is 24.1. The van der Waals surface area contributed by atoms with Gasteiger partial charge in [-0.25, -0.2) is 9.59 Å².